The van der Waals surface area contributed by atoms with Crippen LogP contribution in [0.2, 0.25) is 0 Å². The second-order valence-electron chi connectivity index (χ2n) is 5.99. The normalized spacial score (nSPS) is 13.9. The summed E-state index contributed by atoms with van der Waals surface area (Å²) >= 11 is 0. The Morgan fingerprint density at radius 3 is 2.44 bits per heavy atom. The van der Waals surface area contributed by atoms with E-state index >= 15 is 0 Å². The molecule has 4 rings (SSSR count). The van der Waals surface area contributed by atoms with Crippen LogP contribution in [0.4, 0.5) is 17.2 Å². The fourth-order valence-electron chi connectivity index (χ4n) is 2.98. The van der Waals surface area contributed by atoms with Gasteiger partial charge in [0.25, 0.3) is 0 Å². The molecule has 5 nitrogen and oxygen atoms in total. The molecule has 1 aliphatic rings. The molecule has 1 amide bonds. The van der Waals surface area contributed by atoms with Crippen molar-refractivity contribution < 1.29 is 4.79 Å². The van der Waals surface area contributed by atoms with E-state index < -0.39 is 0 Å². The van der Waals surface area contributed by atoms with E-state index in [-0.39, 0.29) is 5.91 Å². The lowest BCUT2D eigenvalue weighted by atomic mass is 10.1. The van der Waals surface area contributed by atoms with Crippen molar-refractivity contribution in [3.05, 3.63) is 67.1 Å². The molecule has 1 aromatic carbocycles. The molecule has 0 saturated carbocycles. The number of hydrogen-bond donors (Lipinski definition) is 1. The minimum atomic E-state index is 0.209. The van der Waals surface area contributed by atoms with Gasteiger partial charge in [0.1, 0.15) is 5.82 Å². The summed E-state index contributed by atoms with van der Waals surface area (Å²) in [5, 5.41) is 3.22. The first kappa shape index (κ1) is 15.3. The Bertz CT molecular complexity index is 860. The molecule has 0 radical (unpaired) electrons. The molecule has 0 aliphatic carbocycles. The Morgan fingerprint density at radius 1 is 0.960 bits per heavy atom. The maximum Gasteiger partial charge on any atom is 0.227 e. The highest BCUT2D eigenvalue weighted by Crippen LogP contribution is 2.26. The molecule has 1 N–H and O–H groups in total. The third kappa shape index (κ3) is 3.35. The highest BCUT2D eigenvalue weighted by atomic mass is 16.2. The van der Waals surface area contributed by atoms with Crippen molar-refractivity contribution >= 4 is 23.1 Å². The second kappa shape index (κ2) is 6.73. The molecule has 1 saturated heterocycles. The number of carbonyl (C=O) groups excluding carboxylic acids is 1. The van der Waals surface area contributed by atoms with E-state index in [1.165, 1.54) is 0 Å². The summed E-state index contributed by atoms with van der Waals surface area (Å²) in [4.78, 5) is 22.2. The van der Waals surface area contributed by atoms with E-state index in [0.29, 0.717) is 6.42 Å². The van der Waals surface area contributed by atoms with Crippen LogP contribution in [0.5, 0.6) is 0 Å². The topological polar surface area (TPSA) is 58.1 Å². The minimum absolute atomic E-state index is 0.209. The molecule has 3 aromatic rings. The van der Waals surface area contributed by atoms with Crippen LogP contribution in [-0.2, 0) is 4.79 Å². The highest BCUT2D eigenvalue weighted by Gasteiger charge is 2.21. The Morgan fingerprint density at radius 2 is 1.80 bits per heavy atom. The van der Waals surface area contributed by atoms with Crippen molar-refractivity contribution in [3.8, 4) is 11.1 Å². The lowest BCUT2D eigenvalue weighted by Crippen LogP contribution is -2.23. The maximum atomic E-state index is 11.8. The molecule has 1 fully saturated rings. The zero-order chi connectivity index (χ0) is 17.1. The number of rotatable bonds is 4. The highest BCUT2D eigenvalue weighted by molar-refractivity contribution is 5.95. The Hall–Kier alpha value is -3.21. The summed E-state index contributed by atoms with van der Waals surface area (Å²) in [5.74, 6) is 0.983. The maximum absolute atomic E-state index is 11.8. The fraction of sp³-hybridized carbons (Fsp3) is 0.150. The zero-order valence-corrected chi connectivity index (χ0v) is 13.7. The van der Waals surface area contributed by atoms with E-state index in [4.69, 9.17) is 0 Å². The van der Waals surface area contributed by atoms with Crippen molar-refractivity contribution in [1.29, 1.82) is 0 Å². The number of nitrogens with one attached hydrogen (secondary N) is 1. The van der Waals surface area contributed by atoms with Gasteiger partial charge in [-0.3, -0.25) is 9.78 Å². The lowest BCUT2D eigenvalue weighted by molar-refractivity contribution is -0.117. The van der Waals surface area contributed by atoms with Gasteiger partial charge < -0.3 is 10.2 Å². The monoisotopic (exact) mass is 330 g/mol. The molecule has 0 unspecified atom stereocenters. The molecule has 3 heterocycles. The van der Waals surface area contributed by atoms with Crippen LogP contribution in [0.25, 0.3) is 11.1 Å². The fourth-order valence-corrected chi connectivity index (χ4v) is 2.98. The van der Waals surface area contributed by atoms with Crippen molar-refractivity contribution in [2.45, 2.75) is 12.8 Å². The van der Waals surface area contributed by atoms with E-state index in [2.05, 4.69) is 15.3 Å². The smallest absolute Gasteiger partial charge is 0.227 e. The number of amides is 1. The van der Waals surface area contributed by atoms with Gasteiger partial charge >= 0.3 is 0 Å². The number of carbonyl (C=O) groups is 1. The number of hydrogen-bond acceptors (Lipinski definition) is 4. The standard InChI is InChI=1S/C20H18N4O/c25-20-4-2-12-24(20)18-8-5-15(6-9-18)16-7-10-19(22-13-16)23-17-3-1-11-21-14-17/h1,3,5-11,13-14H,2,4,12H2,(H,22,23). The molecular formula is C20H18N4O. The summed E-state index contributed by atoms with van der Waals surface area (Å²) in [5.41, 5.74) is 3.99. The number of pyridine rings is 2. The van der Waals surface area contributed by atoms with Gasteiger partial charge in [0.05, 0.1) is 11.9 Å². The van der Waals surface area contributed by atoms with E-state index in [1.807, 2.05) is 59.6 Å². The summed E-state index contributed by atoms with van der Waals surface area (Å²) in [7, 11) is 0. The third-order valence-corrected chi connectivity index (χ3v) is 4.28. The Labute approximate surface area is 146 Å². The van der Waals surface area contributed by atoms with E-state index in [0.717, 1.165) is 41.3 Å². The molecule has 0 spiro atoms. The van der Waals surface area contributed by atoms with Gasteiger partial charge in [0, 0.05) is 36.6 Å². The van der Waals surface area contributed by atoms with Crippen molar-refractivity contribution in [3.63, 3.8) is 0 Å². The van der Waals surface area contributed by atoms with Gasteiger partial charge in [-0.05, 0) is 48.4 Å². The van der Waals surface area contributed by atoms with Gasteiger partial charge in [-0.15, -0.1) is 0 Å². The van der Waals surface area contributed by atoms with Gasteiger partial charge in [-0.25, -0.2) is 4.98 Å². The van der Waals surface area contributed by atoms with Crippen LogP contribution in [0.3, 0.4) is 0 Å². The third-order valence-electron chi connectivity index (χ3n) is 4.28. The molecule has 0 atom stereocenters. The number of benzene rings is 1. The summed E-state index contributed by atoms with van der Waals surface area (Å²) in [6.45, 7) is 0.814. The molecule has 0 bridgehead atoms. The predicted octanol–water partition coefficient (Wildman–Crippen LogP) is 4.01. The first-order chi connectivity index (χ1) is 12.3. The van der Waals surface area contributed by atoms with Gasteiger partial charge in [0.15, 0.2) is 0 Å². The quantitative estimate of drug-likeness (QED) is 0.785. The SMILES string of the molecule is O=C1CCCN1c1ccc(-c2ccc(Nc3cccnc3)nc2)cc1. The first-order valence-electron chi connectivity index (χ1n) is 8.33. The van der Waals surface area contributed by atoms with Crippen LogP contribution in [-0.4, -0.2) is 22.4 Å². The number of aromatic nitrogens is 2. The minimum Gasteiger partial charge on any atom is -0.339 e. The molecule has 5 heteroatoms. The first-order valence-corrected chi connectivity index (χ1v) is 8.33. The van der Waals surface area contributed by atoms with Crippen LogP contribution in [0, 0.1) is 0 Å². The second-order valence-corrected chi connectivity index (χ2v) is 5.99. The predicted molar refractivity (Wildman–Crippen MR) is 98.8 cm³/mol. The summed E-state index contributed by atoms with van der Waals surface area (Å²) in [6.07, 6.45) is 6.93. The molecular weight excluding hydrogens is 312 g/mol. The van der Waals surface area contributed by atoms with Crippen LogP contribution >= 0.6 is 0 Å². The van der Waals surface area contributed by atoms with Gasteiger partial charge in [0.2, 0.25) is 5.91 Å². The van der Waals surface area contributed by atoms with Crippen LogP contribution in [0.1, 0.15) is 12.8 Å². The molecule has 2 aromatic heterocycles. The summed E-state index contributed by atoms with van der Waals surface area (Å²) in [6, 6.07) is 15.9. The molecule has 124 valence electrons. The van der Waals surface area contributed by atoms with Crippen LogP contribution < -0.4 is 10.2 Å². The average molecular weight is 330 g/mol. The molecule has 1 aliphatic heterocycles. The molecule has 25 heavy (non-hydrogen) atoms. The lowest BCUT2D eigenvalue weighted by Gasteiger charge is -2.16. The zero-order valence-electron chi connectivity index (χ0n) is 13.7. The van der Waals surface area contributed by atoms with Gasteiger partial charge in [-0.2, -0.15) is 0 Å². The number of nitrogens with zero attached hydrogens (tertiary/aromatic N) is 3. The number of anilines is 3. The van der Waals surface area contributed by atoms with E-state index in [9.17, 15) is 4.79 Å². The van der Waals surface area contributed by atoms with Gasteiger partial charge in [-0.1, -0.05) is 12.1 Å². The van der Waals surface area contributed by atoms with Crippen molar-refractivity contribution in [2.24, 2.45) is 0 Å². The van der Waals surface area contributed by atoms with E-state index in [1.54, 1.807) is 12.4 Å². The Kier molecular flexibility index (Phi) is 4.12. The largest absolute Gasteiger partial charge is 0.339 e. The van der Waals surface area contributed by atoms with Crippen molar-refractivity contribution in [1.82, 2.24) is 9.97 Å². The summed E-state index contributed by atoms with van der Waals surface area (Å²) < 4.78 is 0. The van der Waals surface area contributed by atoms with Crippen molar-refractivity contribution in [2.75, 3.05) is 16.8 Å². The Balaban J connectivity index is 1.49. The average Bonchev–Trinajstić information content (AvgIpc) is 3.09. The van der Waals surface area contributed by atoms with Crippen LogP contribution in [0.15, 0.2) is 67.1 Å².